The first kappa shape index (κ1) is 26.7. The van der Waals surface area contributed by atoms with E-state index < -0.39 is 5.41 Å². The Morgan fingerprint density at radius 2 is 1.85 bits per heavy atom. The van der Waals surface area contributed by atoms with Gasteiger partial charge in [0.1, 0.15) is 12.4 Å². The van der Waals surface area contributed by atoms with E-state index in [4.69, 9.17) is 18.9 Å². The summed E-state index contributed by atoms with van der Waals surface area (Å²) < 4.78 is 23.8. The van der Waals surface area contributed by atoms with Gasteiger partial charge in [0.15, 0.2) is 11.5 Å². The van der Waals surface area contributed by atoms with Crippen molar-refractivity contribution in [3.63, 3.8) is 0 Å². The van der Waals surface area contributed by atoms with Crippen LogP contribution in [0.5, 0.6) is 17.2 Å². The molecule has 6 heteroatoms. The number of amides is 1. The molecule has 1 saturated heterocycles. The summed E-state index contributed by atoms with van der Waals surface area (Å²) in [6.45, 7) is 5.72. The number of aryl methyl sites for hydroxylation is 1. The highest BCUT2D eigenvalue weighted by Crippen LogP contribution is 2.45. The average Bonchev–Trinajstić information content (AvgIpc) is 3.65. The first-order valence-electron chi connectivity index (χ1n) is 14.6. The van der Waals surface area contributed by atoms with Crippen molar-refractivity contribution < 1.29 is 23.7 Å². The molecule has 3 aliphatic rings. The van der Waals surface area contributed by atoms with Gasteiger partial charge in [-0.05, 0) is 72.7 Å². The van der Waals surface area contributed by atoms with Crippen LogP contribution >= 0.6 is 0 Å². The Hall–Kier alpha value is -3.51. The van der Waals surface area contributed by atoms with Gasteiger partial charge in [0.25, 0.3) is 0 Å². The highest BCUT2D eigenvalue weighted by molar-refractivity contribution is 5.89. The molecule has 0 aromatic heterocycles. The molecule has 3 aromatic rings. The summed E-state index contributed by atoms with van der Waals surface area (Å²) in [6.07, 6.45) is 4.85. The number of carbonyl (C=O) groups excluding carboxylic acids is 1. The van der Waals surface area contributed by atoms with Crippen molar-refractivity contribution in [3.05, 3.63) is 77.4 Å². The molecule has 2 fully saturated rings. The third-order valence-electron chi connectivity index (χ3n) is 8.85. The number of hydrogen-bond donors (Lipinski definition) is 0. The lowest BCUT2D eigenvalue weighted by Gasteiger charge is -2.34. The van der Waals surface area contributed by atoms with Crippen LogP contribution in [0.2, 0.25) is 0 Å². The van der Waals surface area contributed by atoms with E-state index in [-0.39, 0.29) is 5.91 Å². The lowest BCUT2D eigenvalue weighted by molar-refractivity contribution is -0.138. The van der Waals surface area contributed by atoms with Gasteiger partial charge >= 0.3 is 0 Å². The van der Waals surface area contributed by atoms with Crippen LogP contribution in [0.25, 0.3) is 11.1 Å². The van der Waals surface area contributed by atoms with E-state index >= 15 is 0 Å². The van der Waals surface area contributed by atoms with Crippen LogP contribution in [0, 0.1) is 12.8 Å². The molecule has 0 radical (unpaired) electrons. The van der Waals surface area contributed by atoms with Crippen LogP contribution in [-0.2, 0) is 21.5 Å². The van der Waals surface area contributed by atoms with Gasteiger partial charge in [-0.2, -0.15) is 0 Å². The molecule has 0 spiro atoms. The fourth-order valence-electron chi connectivity index (χ4n) is 6.56. The zero-order chi connectivity index (χ0) is 27.5. The average molecular weight is 542 g/mol. The monoisotopic (exact) mass is 541 g/mol. The predicted octanol–water partition coefficient (Wildman–Crippen LogP) is 6.32. The van der Waals surface area contributed by atoms with E-state index in [1.165, 1.54) is 5.56 Å². The Bertz CT molecular complexity index is 1340. The zero-order valence-corrected chi connectivity index (χ0v) is 23.6. The summed E-state index contributed by atoms with van der Waals surface area (Å²) in [5.41, 5.74) is 5.01. The van der Waals surface area contributed by atoms with Gasteiger partial charge < -0.3 is 23.8 Å². The van der Waals surface area contributed by atoms with Gasteiger partial charge in [-0.15, -0.1) is 0 Å². The summed E-state index contributed by atoms with van der Waals surface area (Å²) in [7, 11) is 1.67. The summed E-state index contributed by atoms with van der Waals surface area (Å²) in [4.78, 5) is 16.4. The van der Waals surface area contributed by atoms with Crippen molar-refractivity contribution in [1.82, 2.24) is 4.90 Å². The third kappa shape index (κ3) is 5.17. The molecule has 2 aliphatic heterocycles. The van der Waals surface area contributed by atoms with E-state index in [1.807, 2.05) is 17.0 Å². The minimum Gasteiger partial charge on any atom is -0.497 e. The molecule has 6 rings (SSSR count). The highest BCUT2D eigenvalue weighted by atomic mass is 16.5. The lowest BCUT2D eigenvalue weighted by atomic mass is 9.77. The molecule has 1 atom stereocenters. The minimum absolute atomic E-state index is 0.193. The van der Waals surface area contributed by atoms with E-state index in [0.717, 1.165) is 84.8 Å². The molecule has 2 heterocycles. The Labute approximate surface area is 237 Å². The molecule has 210 valence electrons. The van der Waals surface area contributed by atoms with Gasteiger partial charge in [0.2, 0.25) is 5.91 Å². The first-order valence-corrected chi connectivity index (χ1v) is 14.6. The van der Waals surface area contributed by atoms with Crippen molar-refractivity contribution >= 4 is 5.91 Å². The maximum Gasteiger partial charge on any atom is 0.233 e. The number of nitrogens with zero attached hydrogens (tertiary/aromatic N) is 1. The fourth-order valence-corrected chi connectivity index (χ4v) is 6.56. The number of hydrogen-bond acceptors (Lipinski definition) is 5. The molecule has 3 aromatic carbocycles. The number of benzene rings is 3. The van der Waals surface area contributed by atoms with E-state index in [9.17, 15) is 4.79 Å². The Kier molecular flexibility index (Phi) is 7.70. The van der Waals surface area contributed by atoms with Crippen LogP contribution in [0.15, 0.2) is 60.7 Å². The molecule has 1 unspecified atom stereocenters. The Morgan fingerprint density at radius 3 is 2.58 bits per heavy atom. The lowest BCUT2D eigenvalue weighted by Crippen LogP contribution is -2.46. The molecule has 1 amide bonds. The summed E-state index contributed by atoms with van der Waals surface area (Å²) in [6, 6.07) is 20.8. The number of fused-ring (bicyclic) bond motifs is 1. The molecule has 6 nitrogen and oxygen atoms in total. The van der Waals surface area contributed by atoms with Crippen LogP contribution in [-0.4, -0.2) is 50.9 Å². The van der Waals surface area contributed by atoms with Crippen LogP contribution in [0.4, 0.5) is 0 Å². The van der Waals surface area contributed by atoms with Crippen molar-refractivity contribution in [2.45, 2.75) is 51.0 Å². The quantitative estimate of drug-likeness (QED) is 0.350. The first-order chi connectivity index (χ1) is 19.6. The number of methoxy groups -OCH3 is 1. The molecule has 0 bridgehead atoms. The maximum atomic E-state index is 14.4. The Morgan fingerprint density at radius 1 is 1.05 bits per heavy atom. The SMILES string of the molecule is COc1ccc(C2(C(=O)N3CCOc4c(cc(-c5ccccc5C)cc4OCC4CCOC4)C3)CCCC2)cc1. The summed E-state index contributed by atoms with van der Waals surface area (Å²) in [5.74, 6) is 2.90. The number of carbonyl (C=O) groups is 1. The topological polar surface area (TPSA) is 57.2 Å². The van der Waals surface area contributed by atoms with E-state index in [1.54, 1.807) is 7.11 Å². The predicted molar refractivity (Wildman–Crippen MR) is 155 cm³/mol. The number of rotatable bonds is 7. The zero-order valence-electron chi connectivity index (χ0n) is 23.6. The van der Waals surface area contributed by atoms with Crippen molar-refractivity contribution in [2.75, 3.05) is 40.1 Å². The second-order valence-electron chi connectivity index (χ2n) is 11.4. The third-order valence-corrected chi connectivity index (χ3v) is 8.85. The van der Waals surface area contributed by atoms with Crippen molar-refractivity contribution in [2.24, 2.45) is 5.92 Å². The van der Waals surface area contributed by atoms with Crippen LogP contribution in [0.3, 0.4) is 0 Å². The smallest absolute Gasteiger partial charge is 0.233 e. The Balaban J connectivity index is 1.35. The number of ether oxygens (including phenoxy) is 4. The van der Waals surface area contributed by atoms with Gasteiger partial charge in [-0.3, -0.25) is 4.79 Å². The summed E-state index contributed by atoms with van der Waals surface area (Å²) in [5, 5.41) is 0. The maximum absolute atomic E-state index is 14.4. The van der Waals surface area contributed by atoms with Gasteiger partial charge in [-0.1, -0.05) is 49.2 Å². The standard InChI is InChI=1S/C34H39NO5/c1-24-7-3-4-8-30(24)26-19-27-21-35(16-18-39-32(27)31(20-26)40-23-25-13-17-38-22-25)33(36)34(14-5-6-15-34)28-9-11-29(37-2)12-10-28/h3-4,7-12,19-20,25H,5-6,13-18,21-23H2,1-2H3. The van der Waals surface area contributed by atoms with E-state index in [0.29, 0.717) is 32.2 Å². The van der Waals surface area contributed by atoms with E-state index in [2.05, 4.69) is 55.5 Å². The van der Waals surface area contributed by atoms with Gasteiger partial charge in [0, 0.05) is 24.6 Å². The molecular weight excluding hydrogens is 502 g/mol. The van der Waals surface area contributed by atoms with Gasteiger partial charge in [-0.25, -0.2) is 0 Å². The molecule has 0 N–H and O–H groups in total. The summed E-state index contributed by atoms with van der Waals surface area (Å²) >= 11 is 0. The molecule has 1 saturated carbocycles. The van der Waals surface area contributed by atoms with Crippen molar-refractivity contribution in [3.8, 4) is 28.4 Å². The van der Waals surface area contributed by atoms with Crippen molar-refractivity contribution in [1.29, 1.82) is 0 Å². The highest BCUT2D eigenvalue weighted by Gasteiger charge is 2.45. The molecular formula is C34H39NO5. The normalized spacial score (nSPS) is 19.9. The second kappa shape index (κ2) is 11.5. The van der Waals surface area contributed by atoms with Crippen LogP contribution < -0.4 is 14.2 Å². The van der Waals surface area contributed by atoms with Gasteiger partial charge in [0.05, 0.1) is 32.3 Å². The minimum atomic E-state index is -0.508. The molecule has 40 heavy (non-hydrogen) atoms. The largest absolute Gasteiger partial charge is 0.497 e. The second-order valence-corrected chi connectivity index (χ2v) is 11.4. The molecule has 1 aliphatic carbocycles. The van der Waals surface area contributed by atoms with Crippen LogP contribution in [0.1, 0.15) is 48.8 Å². The fraction of sp³-hybridized carbons (Fsp3) is 0.441.